The quantitative estimate of drug-likeness (QED) is 0.877. The summed E-state index contributed by atoms with van der Waals surface area (Å²) in [5.41, 5.74) is 0.969. The van der Waals surface area contributed by atoms with Gasteiger partial charge in [0, 0.05) is 18.0 Å². The van der Waals surface area contributed by atoms with Crippen LogP contribution in [-0.2, 0) is 10.3 Å². The molecule has 3 nitrogen and oxygen atoms in total. The molecule has 4 heteroatoms. The lowest BCUT2D eigenvalue weighted by Crippen LogP contribution is -2.49. The van der Waals surface area contributed by atoms with Crippen LogP contribution < -0.4 is 5.32 Å². The van der Waals surface area contributed by atoms with Crippen LogP contribution in [0.4, 0.5) is 0 Å². The van der Waals surface area contributed by atoms with E-state index < -0.39 is 0 Å². The molecular formula is C13H22N2OS. The van der Waals surface area contributed by atoms with Crippen LogP contribution in [-0.4, -0.2) is 24.2 Å². The monoisotopic (exact) mass is 254 g/mol. The average molecular weight is 254 g/mol. The highest BCUT2D eigenvalue weighted by atomic mass is 32.1. The summed E-state index contributed by atoms with van der Waals surface area (Å²) in [4.78, 5) is 6.01. The maximum absolute atomic E-state index is 5.55. The predicted molar refractivity (Wildman–Crippen MR) is 71.6 cm³/mol. The Kier molecular flexibility index (Phi) is 3.57. The molecule has 0 radical (unpaired) electrons. The van der Waals surface area contributed by atoms with Crippen LogP contribution in [0, 0.1) is 13.8 Å². The smallest absolute Gasteiger partial charge is 0.116 e. The van der Waals surface area contributed by atoms with E-state index in [0.717, 1.165) is 10.7 Å². The topological polar surface area (TPSA) is 34.1 Å². The van der Waals surface area contributed by atoms with E-state index >= 15 is 0 Å². The van der Waals surface area contributed by atoms with Gasteiger partial charge in [-0.1, -0.05) is 0 Å². The van der Waals surface area contributed by atoms with E-state index in [1.54, 1.807) is 18.4 Å². The van der Waals surface area contributed by atoms with Gasteiger partial charge >= 0.3 is 0 Å². The Bertz CT molecular complexity index is 381. The molecule has 1 heterocycles. The Hall–Kier alpha value is -0.450. The fourth-order valence-corrected chi connectivity index (χ4v) is 3.04. The van der Waals surface area contributed by atoms with Crippen molar-refractivity contribution in [2.45, 2.75) is 58.2 Å². The molecular weight excluding hydrogens is 232 g/mol. The van der Waals surface area contributed by atoms with Gasteiger partial charge in [-0.3, -0.25) is 0 Å². The highest BCUT2D eigenvalue weighted by molar-refractivity contribution is 7.11. The molecule has 1 N–H and O–H groups in total. The minimum atomic E-state index is -0.167. The van der Waals surface area contributed by atoms with Gasteiger partial charge in [0.25, 0.3) is 0 Å². The van der Waals surface area contributed by atoms with Gasteiger partial charge in [0.15, 0.2) is 0 Å². The number of aromatic nitrogens is 1. The van der Waals surface area contributed by atoms with Crippen molar-refractivity contribution in [1.29, 1.82) is 0 Å². The third kappa shape index (κ3) is 2.54. The fourth-order valence-electron chi connectivity index (χ4n) is 1.94. The minimum Gasteiger partial charge on any atom is -0.379 e. The first kappa shape index (κ1) is 13.0. The predicted octanol–water partition coefficient (Wildman–Crippen LogP) is 2.76. The van der Waals surface area contributed by atoms with Crippen LogP contribution in [0.15, 0.2) is 0 Å². The van der Waals surface area contributed by atoms with Crippen LogP contribution in [0.3, 0.4) is 0 Å². The minimum absolute atomic E-state index is 0.119. The number of nitrogens with zero attached hydrogens (tertiary/aromatic N) is 1. The third-order valence-corrected chi connectivity index (χ3v) is 5.03. The van der Waals surface area contributed by atoms with E-state index in [1.807, 2.05) is 0 Å². The highest BCUT2D eigenvalue weighted by Gasteiger charge is 2.40. The second-order valence-corrected chi connectivity index (χ2v) is 6.36. The molecule has 0 amide bonds. The summed E-state index contributed by atoms with van der Waals surface area (Å²) in [6.07, 6.45) is 2.66. The maximum atomic E-state index is 5.55. The number of hydrogen-bond donors (Lipinski definition) is 1. The molecule has 2 rings (SSSR count). The summed E-state index contributed by atoms with van der Waals surface area (Å²) in [7, 11) is 1.77. The van der Waals surface area contributed by atoms with Gasteiger partial charge in [-0.2, -0.15) is 0 Å². The summed E-state index contributed by atoms with van der Waals surface area (Å²) in [6, 6.07) is 0.641. The van der Waals surface area contributed by atoms with Crippen molar-refractivity contribution in [3.63, 3.8) is 0 Å². The molecule has 1 aromatic heterocycles. The molecule has 17 heavy (non-hydrogen) atoms. The Morgan fingerprint density at radius 3 is 2.53 bits per heavy atom. The molecule has 0 aliphatic heterocycles. The van der Waals surface area contributed by atoms with Gasteiger partial charge in [-0.25, -0.2) is 4.98 Å². The zero-order valence-corrected chi connectivity index (χ0v) is 12.1. The maximum Gasteiger partial charge on any atom is 0.116 e. The lowest BCUT2D eigenvalue weighted by atomic mass is 9.96. The van der Waals surface area contributed by atoms with Crippen LogP contribution in [0.5, 0.6) is 0 Å². The van der Waals surface area contributed by atoms with Crippen LogP contribution in [0.2, 0.25) is 0 Å². The molecule has 1 aromatic rings. The van der Waals surface area contributed by atoms with E-state index in [0.29, 0.717) is 6.04 Å². The van der Waals surface area contributed by atoms with Gasteiger partial charge in [0.1, 0.15) is 5.01 Å². The molecule has 1 aliphatic carbocycles. The number of rotatable bonds is 5. The van der Waals surface area contributed by atoms with Gasteiger partial charge in [0.05, 0.1) is 17.3 Å². The van der Waals surface area contributed by atoms with Crippen molar-refractivity contribution in [2.75, 3.05) is 7.11 Å². The van der Waals surface area contributed by atoms with E-state index in [9.17, 15) is 0 Å². The third-order valence-electron chi connectivity index (χ3n) is 3.72. The fraction of sp³-hybridized carbons (Fsp3) is 0.769. The second-order valence-electron chi connectivity index (χ2n) is 5.16. The second kappa shape index (κ2) is 4.67. The molecule has 0 spiro atoms. The Labute approximate surface area is 108 Å². The van der Waals surface area contributed by atoms with Gasteiger partial charge < -0.3 is 10.1 Å². The molecule has 0 aromatic carbocycles. The molecule has 2 atom stereocenters. The molecule has 1 saturated carbocycles. The first-order valence-corrected chi connectivity index (χ1v) is 7.04. The Balaban J connectivity index is 2.30. The van der Waals surface area contributed by atoms with Crippen LogP contribution in [0.1, 0.15) is 42.3 Å². The largest absolute Gasteiger partial charge is 0.379 e. The summed E-state index contributed by atoms with van der Waals surface area (Å²) >= 11 is 1.78. The Morgan fingerprint density at radius 1 is 1.47 bits per heavy atom. The molecule has 0 saturated heterocycles. The molecule has 0 bridgehead atoms. The molecule has 96 valence electrons. The molecule has 1 fully saturated rings. The number of methoxy groups -OCH3 is 1. The van der Waals surface area contributed by atoms with Crippen molar-refractivity contribution in [1.82, 2.24) is 10.3 Å². The zero-order valence-electron chi connectivity index (χ0n) is 11.3. The standard InChI is InChI=1S/C13H22N2OS/c1-8-9(2)17-12(14-8)13(4,10(3)16-5)15-11-6-7-11/h10-11,15H,6-7H2,1-5H3. The first-order chi connectivity index (χ1) is 7.97. The van der Waals surface area contributed by atoms with E-state index in [2.05, 4.69) is 33.0 Å². The molecule has 1 aliphatic rings. The number of ether oxygens (including phenoxy) is 1. The molecule has 2 unspecified atom stereocenters. The van der Waals surface area contributed by atoms with Crippen molar-refractivity contribution in [2.24, 2.45) is 0 Å². The average Bonchev–Trinajstić information content (AvgIpc) is 3.03. The highest BCUT2D eigenvalue weighted by Crippen LogP contribution is 2.35. The first-order valence-electron chi connectivity index (χ1n) is 6.22. The van der Waals surface area contributed by atoms with Crippen LogP contribution in [0.25, 0.3) is 0 Å². The van der Waals surface area contributed by atoms with Gasteiger partial charge in [-0.05, 0) is 40.5 Å². The van der Waals surface area contributed by atoms with Crippen molar-refractivity contribution in [3.8, 4) is 0 Å². The number of aryl methyl sites for hydroxylation is 2. The van der Waals surface area contributed by atoms with Crippen molar-refractivity contribution >= 4 is 11.3 Å². The SMILES string of the molecule is COC(C)C(C)(NC1CC1)c1nc(C)c(C)s1. The van der Waals surface area contributed by atoms with Gasteiger partial charge in [-0.15, -0.1) is 11.3 Å². The van der Waals surface area contributed by atoms with E-state index in [4.69, 9.17) is 9.72 Å². The number of nitrogens with one attached hydrogen (secondary N) is 1. The summed E-state index contributed by atoms with van der Waals surface area (Å²) < 4.78 is 5.55. The van der Waals surface area contributed by atoms with Crippen molar-refractivity contribution in [3.05, 3.63) is 15.6 Å². The lowest BCUT2D eigenvalue weighted by Gasteiger charge is -2.34. The normalized spacial score (nSPS) is 21.2. The lowest BCUT2D eigenvalue weighted by molar-refractivity contribution is 0.0350. The number of hydrogen-bond acceptors (Lipinski definition) is 4. The van der Waals surface area contributed by atoms with E-state index in [-0.39, 0.29) is 11.6 Å². The van der Waals surface area contributed by atoms with Gasteiger partial charge in [0.2, 0.25) is 0 Å². The zero-order chi connectivity index (χ0) is 12.6. The van der Waals surface area contributed by atoms with Crippen LogP contribution >= 0.6 is 11.3 Å². The van der Waals surface area contributed by atoms with Crippen molar-refractivity contribution < 1.29 is 4.74 Å². The van der Waals surface area contributed by atoms with E-state index in [1.165, 1.54) is 17.7 Å². The Morgan fingerprint density at radius 2 is 2.12 bits per heavy atom. The number of thiazole rings is 1. The summed E-state index contributed by atoms with van der Waals surface area (Å²) in [5, 5.41) is 4.84. The summed E-state index contributed by atoms with van der Waals surface area (Å²) in [6.45, 7) is 8.52. The summed E-state index contributed by atoms with van der Waals surface area (Å²) in [5.74, 6) is 0.